The minimum absolute atomic E-state index is 0.0174. The zero-order valence-corrected chi connectivity index (χ0v) is 11.7. The average molecular weight is 300 g/mol. The summed E-state index contributed by atoms with van der Waals surface area (Å²) in [5, 5.41) is 12.2. The van der Waals surface area contributed by atoms with Crippen molar-refractivity contribution in [3.05, 3.63) is 29.8 Å². The van der Waals surface area contributed by atoms with Gasteiger partial charge in [0.1, 0.15) is 5.75 Å². The standard InChI is InChI=1S/C13H18BrNO2/c1-9(14)6-10(2)15-13(17)8-11-4-3-5-12(16)7-11/h3-5,7,9-10,16H,6,8H2,1-2H3,(H,15,17). The summed E-state index contributed by atoms with van der Waals surface area (Å²) >= 11 is 3.46. The van der Waals surface area contributed by atoms with Crippen molar-refractivity contribution in [3.63, 3.8) is 0 Å². The number of alkyl halides is 1. The first kappa shape index (κ1) is 14.0. The number of phenolic OH excluding ortho intramolecular Hbond substituents is 1. The molecule has 17 heavy (non-hydrogen) atoms. The molecule has 0 aliphatic rings. The highest BCUT2D eigenvalue weighted by molar-refractivity contribution is 9.09. The second kappa shape index (κ2) is 6.64. The Morgan fingerprint density at radius 2 is 2.18 bits per heavy atom. The quantitative estimate of drug-likeness (QED) is 0.821. The molecule has 4 heteroatoms. The van der Waals surface area contributed by atoms with Gasteiger partial charge in [0.2, 0.25) is 5.91 Å². The lowest BCUT2D eigenvalue weighted by atomic mass is 10.1. The SMILES string of the molecule is CC(Br)CC(C)NC(=O)Cc1cccc(O)c1. The van der Waals surface area contributed by atoms with Crippen LogP contribution in [0.5, 0.6) is 5.75 Å². The highest BCUT2D eigenvalue weighted by Gasteiger charge is 2.10. The van der Waals surface area contributed by atoms with Gasteiger partial charge < -0.3 is 10.4 Å². The summed E-state index contributed by atoms with van der Waals surface area (Å²) in [4.78, 5) is 12.1. The third-order valence-electron chi connectivity index (χ3n) is 2.36. The third kappa shape index (κ3) is 5.73. The summed E-state index contributed by atoms with van der Waals surface area (Å²) in [6, 6.07) is 6.92. The maximum absolute atomic E-state index is 11.7. The molecule has 1 aromatic rings. The van der Waals surface area contributed by atoms with Crippen LogP contribution in [0.4, 0.5) is 0 Å². The molecular formula is C13H18BrNO2. The smallest absolute Gasteiger partial charge is 0.224 e. The van der Waals surface area contributed by atoms with Crippen molar-refractivity contribution in [2.45, 2.75) is 37.6 Å². The number of phenols is 1. The van der Waals surface area contributed by atoms with Crippen LogP contribution in [0.1, 0.15) is 25.8 Å². The molecule has 0 heterocycles. The van der Waals surface area contributed by atoms with E-state index in [1.165, 1.54) is 0 Å². The van der Waals surface area contributed by atoms with Crippen molar-refractivity contribution < 1.29 is 9.90 Å². The molecular weight excluding hydrogens is 282 g/mol. The summed E-state index contributed by atoms with van der Waals surface area (Å²) in [7, 11) is 0. The van der Waals surface area contributed by atoms with Crippen LogP contribution in [-0.2, 0) is 11.2 Å². The molecule has 0 aliphatic carbocycles. The number of nitrogens with one attached hydrogen (secondary N) is 1. The van der Waals surface area contributed by atoms with Crippen LogP contribution >= 0.6 is 15.9 Å². The molecule has 0 bridgehead atoms. The minimum atomic E-state index is -0.0174. The van der Waals surface area contributed by atoms with Gasteiger partial charge in [-0.15, -0.1) is 0 Å². The van der Waals surface area contributed by atoms with E-state index in [9.17, 15) is 9.90 Å². The molecule has 0 radical (unpaired) electrons. The predicted molar refractivity (Wildman–Crippen MR) is 72.4 cm³/mol. The molecule has 1 rings (SSSR count). The van der Waals surface area contributed by atoms with E-state index >= 15 is 0 Å². The van der Waals surface area contributed by atoms with Gasteiger partial charge in [0, 0.05) is 10.9 Å². The van der Waals surface area contributed by atoms with Gasteiger partial charge in [-0.3, -0.25) is 4.79 Å². The van der Waals surface area contributed by atoms with E-state index in [1.807, 2.05) is 13.0 Å². The van der Waals surface area contributed by atoms with Crippen LogP contribution in [0, 0.1) is 0 Å². The Morgan fingerprint density at radius 1 is 1.47 bits per heavy atom. The normalized spacial score (nSPS) is 14.1. The van der Waals surface area contributed by atoms with E-state index < -0.39 is 0 Å². The largest absolute Gasteiger partial charge is 0.508 e. The lowest BCUT2D eigenvalue weighted by Gasteiger charge is -2.15. The van der Waals surface area contributed by atoms with Crippen molar-refractivity contribution in [3.8, 4) is 5.75 Å². The van der Waals surface area contributed by atoms with Gasteiger partial charge in [0.15, 0.2) is 0 Å². The summed E-state index contributed by atoms with van der Waals surface area (Å²) in [6.07, 6.45) is 1.20. The second-order valence-corrected chi connectivity index (χ2v) is 5.89. The summed E-state index contributed by atoms with van der Waals surface area (Å²) in [5.74, 6) is 0.175. The summed E-state index contributed by atoms with van der Waals surface area (Å²) < 4.78 is 0. The van der Waals surface area contributed by atoms with Crippen LogP contribution in [-0.4, -0.2) is 21.9 Å². The van der Waals surface area contributed by atoms with Gasteiger partial charge >= 0.3 is 0 Å². The zero-order valence-electron chi connectivity index (χ0n) is 10.1. The van der Waals surface area contributed by atoms with E-state index in [2.05, 4.69) is 28.2 Å². The number of hydrogen-bond acceptors (Lipinski definition) is 2. The molecule has 3 nitrogen and oxygen atoms in total. The minimum Gasteiger partial charge on any atom is -0.508 e. The molecule has 0 saturated heterocycles. The Hall–Kier alpha value is -1.03. The van der Waals surface area contributed by atoms with Crippen LogP contribution < -0.4 is 5.32 Å². The number of carbonyl (C=O) groups is 1. The molecule has 0 aliphatic heterocycles. The molecule has 0 fully saturated rings. The average Bonchev–Trinajstić information content (AvgIpc) is 2.14. The van der Waals surface area contributed by atoms with Gasteiger partial charge in [-0.1, -0.05) is 35.0 Å². The van der Waals surface area contributed by atoms with Gasteiger partial charge in [-0.2, -0.15) is 0 Å². The van der Waals surface area contributed by atoms with E-state index in [0.29, 0.717) is 11.2 Å². The van der Waals surface area contributed by atoms with Gasteiger partial charge in [0.25, 0.3) is 0 Å². The zero-order chi connectivity index (χ0) is 12.8. The van der Waals surface area contributed by atoms with Gasteiger partial charge in [-0.25, -0.2) is 0 Å². The lowest BCUT2D eigenvalue weighted by molar-refractivity contribution is -0.121. The monoisotopic (exact) mass is 299 g/mol. The number of halogens is 1. The van der Waals surface area contributed by atoms with E-state index in [0.717, 1.165) is 12.0 Å². The Morgan fingerprint density at radius 3 is 2.76 bits per heavy atom. The number of carbonyl (C=O) groups excluding carboxylic acids is 1. The fraction of sp³-hybridized carbons (Fsp3) is 0.462. The molecule has 2 N–H and O–H groups in total. The van der Waals surface area contributed by atoms with Crippen LogP contribution in [0.25, 0.3) is 0 Å². The molecule has 0 saturated carbocycles. The molecule has 2 atom stereocenters. The van der Waals surface area contributed by atoms with Crippen molar-refractivity contribution in [2.75, 3.05) is 0 Å². The molecule has 1 amide bonds. The first-order chi connectivity index (χ1) is 7.97. The van der Waals surface area contributed by atoms with E-state index in [-0.39, 0.29) is 17.7 Å². The lowest BCUT2D eigenvalue weighted by Crippen LogP contribution is -2.34. The van der Waals surface area contributed by atoms with Crippen molar-refractivity contribution in [2.24, 2.45) is 0 Å². The number of hydrogen-bond donors (Lipinski definition) is 2. The molecule has 2 unspecified atom stereocenters. The van der Waals surface area contributed by atoms with Gasteiger partial charge in [-0.05, 0) is 31.0 Å². The van der Waals surface area contributed by atoms with E-state index in [1.54, 1.807) is 18.2 Å². The van der Waals surface area contributed by atoms with Crippen molar-refractivity contribution in [1.29, 1.82) is 0 Å². The molecule has 94 valence electrons. The highest BCUT2D eigenvalue weighted by Crippen LogP contribution is 2.12. The van der Waals surface area contributed by atoms with E-state index in [4.69, 9.17) is 0 Å². The topological polar surface area (TPSA) is 49.3 Å². The Bertz CT molecular complexity index is 379. The summed E-state index contributed by atoms with van der Waals surface area (Å²) in [6.45, 7) is 4.04. The number of rotatable bonds is 5. The molecule has 0 spiro atoms. The highest BCUT2D eigenvalue weighted by atomic mass is 79.9. The molecule has 1 aromatic carbocycles. The third-order valence-corrected chi connectivity index (χ3v) is 2.73. The van der Waals surface area contributed by atoms with Crippen LogP contribution in [0.3, 0.4) is 0 Å². The number of aromatic hydroxyl groups is 1. The predicted octanol–water partition coefficient (Wildman–Crippen LogP) is 2.61. The molecule has 0 aromatic heterocycles. The Kier molecular flexibility index (Phi) is 5.48. The Balaban J connectivity index is 2.44. The first-order valence-corrected chi connectivity index (χ1v) is 6.60. The maximum atomic E-state index is 11.7. The van der Waals surface area contributed by atoms with Crippen LogP contribution in [0.15, 0.2) is 24.3 Å². The first-order valence-electron chi connectivity index (χ1n) is 5.68. The Labute approximate surface area is 110 Å². The fourth-order valence-corrected chi connectivity index (χ4v) is 2.28. The van der Waals surface area contributed by atoms with Crippen LogP contribution in [0.2, 0.25) is 0 Å². The fourth-order valence-electron chi connectivity index (χ4n) is 1.72. The summed E-state index contributed by atoms with van der Waals surface area (Å²) in [5.41, 5.74) is 0.821. The van der Waals surface area contributed by atoms with Crippen molar-refractivity contribution >= 4 is 21.8 Å². The number of amides is 1. The van der Waals surface area contributed by atoms with Gasteiger partial charge in [0.05, 0.1) is 6.42 Å². The second-order valence-electron chi connectivity index (χ2n) is 4.33. The van der Waals surface area contributed by atoms with Crippen molar-refractivity contribution in [1.82, 2.24) is 5.32 Å². The number of benzene rings is 1. The maximum Gasteiger partial charge on any atom is 0.224 e.